The van der Waals surface area contributed by atoms with Crippen molar-refractivity contribution in [1.82, 2.24) is 9.55 Å². The topological polar surface area (TPSA) is 53.1 Å². The van der Waals surface area contributed by atoms with Gasteiger partial charge in [-0.05, 0) is 31.9 Å². The Morgan fingerprint density at radius 2 is 2.37 bits per heavy atom. The van der Waals surface area contributed by atoms with Crippen molar-refractivity contribution in [2.24, 2.45) is 11.7 Å². The fourth-order valence-electron chi connectivity index (χ4n) is 3.34. The van der Waals surface area contributed by atoms with Crippen LogP contribution >= 0.6 is 11.8 Å². The largest absolute Gasteiger partial charge is 0.381 e. The molecule has 0 bridgehead atoms. The molecule has 3 rings (SSSR count). The molecular weight excluding hydrogens is 258 g/mol. The number of thioether (sulfide) groups is 1. The number of hydrogen-bond donors (Lipinski definition) is 1. The van der Waals surface area contributed by atoms with Crippen molar-refractivity contribution in [2.45, 2.75) is 43.0 Å². The first kappa shape index (κ1) is 13.5. The normalized spacial score (nSPS) is 32.8. The van der Waals surface area contributed by atoms with Gasteiger partial charge in [0.25, 0.3) is 0 Å². The lowest BCUT2D eigenvalue weighted by molar-refractivity contribution is 0.180. The van der Waals surface area contributed by atoms with E-state index in [-0.39, 0.29) is 6.04 Å². The van der Waals surface area contributed by atoms with Crippen molar-refractivity contribution < 1.29 is 4.74 Å². The van der Waals surface area contributed by atoms with E-state index in [2.05, 4.69) is 15.8 Å². The SMILES string of the molecule is CSC1CCC(n2cncc2C(N)C2CCOC2)C1. The van der Waals surface area contributed by atoms with Crippen molar-refractivity contribution >= 4 is 11.8 Å². The minimum Gasteiger partial charge on any atom is -0.381 e. The van der Waals surface area contributed by atoms with E-state index >= 15 is 0 Å². The average Bonchev–Trinajstić information content (AvgIpc) is 3.16. The van der Waals surface area contributed by atoms with Crippen LogP contribution in [0.4, 0.5) is 0 Å². The Morgan fingerprint density at radius 3 is 3.05 bits per heavy atom. The van der Waals surface area contributed by atoms with Crippen LogP contribution in [-0.2, 0) is 4.74 Å². The maximum absolute atomic E-state index is 6.43. The van der Waals surface area contributed by atoms with E-state index in [4.69, 9.17) is 10.5 Å². The Balaban J connectivity index is 1.74. The molecule has 4 atom stereocenters. The van der Waals surface area contributed by atoms with Crippen LogP contribution in [-0.4, -0.2) is 34.3 Å². The minimum absolute atomic E-state index is 0.0679. The molecule has 1 aliphatic heterocycles. The summed E-state index contributed by atoms with van der Waals surface area (Å²) in [6.07, 6.45) is 11.0. The first-order valence-corrected chi connectivity index (χ1v) is 8.46. The number of rotatable bonds is 4. The minimum atomic E-state index is 0.0679. The van der Waals surface area contributed by atoms with Gasteiger partial charge in [-0.25, -0.2) is 4.98 Å². The molecule has 4 nitrogen and oxygen atoms in total. The van der Waals surface area contributed by atoms with Crippen LogP contribution in [0, 0.1) is 5.92 Å². The van der Waals surface area contributed by atoms with E-state index in [1.165, 1.54) is 25.0 Å². The van der Waals surface area contributed by atoms with Crippen molar-refractivity contribution in [2.75, 3.05) is 19.5 Å². The Morgan fingerprint density at radius 1 is 1.47 bits per heavy atom. The third-order valence-corrected chi connectivity index (χ3v) is 5.69. The van der Waals surface area contributed by atoms with Gasteiger partial charge < -0.3 is 15.0 Å². The van der Waals surface area contributed by atoms with Gasteiger partial charge in [0.15, 0.2) is 0 Å². The van der Waals surface area contributed by atoms with Gasteiger partial charge in [-0.1, -0.05) is 0 Å². The lowest BCUT2D eigenvalue weighted by atomic mass is 9.97. The zero-order chi connectivity index (χ0) is 13.2. The molecule has 2 fully saturated rings. The van der Waals surface area contributed by atoms with Gasteiger partial charge in [-0.3, -0.25) is 0 Å². The lowest BCUT2D eigenvalue weighted by Crippen LogP contribution is -2.25. The third kappa shape index (κ3) is 2.69. The van der Waals surface area contributed by atoms with Crippen LogP contribution in [0.15, 0.2) is 12.5 Å². The fraction of sp³-hybridized carbons (Fsp3) is 0.786. The molecule has 1 aromatic rings. The number of nitrogens with two attached hydrogens (primary N) is 1. The van der Waals surface area contributed by atoms with E-state index in [9.17, 15) is 0 Å². The van der Waals surface area contributed by atoms with Gasteiger partial charge in [0.1, 0.15) is 0 Å². The Labute approximate surface area is 119 Å². The first-order valence-electron chi connectivity index (χ1n) is 7.17. The molecular formula is C14H23N3OS. The summed E-state index contributed by atoms with van der Waals surface area (Å²) in [6, 6.07) is 0.654. The second kappa shape index (κ2) is 5.85. The molecule has 0 aromatic carbocycles. The van der Waals surface area contributed by atoms with E-state index in [0.717, 1.165) is 24.9 Å². The second-order valence-corrected chi connectivity index (χ2v) is 6.84. The van der Waals surface area contributed by atoms with Crippen LogP contribution < -0.4 is 5.73 Å². The van der Waals surface area contributed by atoms with Gasteiger partial charge in [-0.15, -0.1) is 0 Å². The van der Waals surface area contributed by atoms with Crippen LogP contribution in [0.3, 0.4) is 0 Å². The van der Waals surface area contributed by atoms with Crippen molar-refractivity contribution in [3.05, 3.63) is 18.2 Å². The number of hydrogen-bond acceptors (Lipinski definition) is 4. The highest BCUT2D eigenvalue weighted by Crippen LogP contribution is 2.38. The average molecular weight is 281 g/mol. The highest BCUT2D eigenvalue weighted by atomic mass is 32.2. The zero-order valence-electron chi connectivity index (χ0n) is 11.5. The standard InChI is InChI=1S/C14H23N3OS/c1-19-12-3-2-11(6-12)17-9-16-7-13(17)14(15)10-4-5-18-8-10/h7,9-12,14H,2-6,8,15H2,1H3. The highest BCUT2D eigenvalue weighted by molar-refractivity contribution is 7.99. The summed E-state index contributed by atoms with van der Waals surface area (Å²) < 4.78 is 7.80. The molecule has 0 amide bonds. The molecule has 5 heteroatoms. The molecule has 106 valence electrons. The summed E-state index contributed by atoms with van der Waals surface area (Å²) in [6.45, 7) is 1.65. The summed E-state index contributed by atoms with van der Waals surface area (Å²) in [5.74, 6) is 0.452. The smallest absolute Gasteiger partial charge is 0.0951 e. The Kier molecular flexibility index (Phi) is 4.15. The fourth-order valence-corrected chi connectivity index (χ4v) is 4.13. The lowest BCUT2D eigenvalue weighted by Gasteiger charge is -2.22. The van der Waals surface area contributed by atoms with Gasteiger partial charge in [0.05, 0.1) is 24.7 Å². The van der Waals surface area contributed by atoms with E-state index in [1.54, 1.807) is 0 Å². The highest BCUT2D eigenvalue weighted by Gasteiger charge is 2.30. The van der Waals surface area contributed by atoms with Crippen molar-refractivity contribution in [1.29, 1.82) is 0 Å². The Hall–Kier alpha value is -0.520. The van der Waals surface area contributed by atoms with Crippen LogP contribution in [0.2, 0.25) is 0 Å². The second-order valence-electron chi connectivity index (χ2n) is 5.70. The van der Waals surface area contributed by atoms with Gasteiger partial charge in [0, 0.05) is 30.0 Å². The quantitative estimate of drug-likeness (QED) is 0.920. The van der Waals surface area contributed by atoms with E-state index in [0.29, 0.717) is 12.0 Å². The maximum Gasteiger partial charge on any atom is 0.0951 e. The van der Waals surface area contributed by atoms with Crippen molar-refractivity contribution in [3.63, 3.8) is 0 Å². The van der Waals surface area contributed by atoms with Crippen LogP contribution in [0.1, 0.15) is 43.5 Å². The summed E-state index contributed by atoms with van der Waals surface area (Å²) in [7, 11) is 0. The van der Waals surface area contributed by atoms with Crippen molar-refractivity contribution in [3.8, 4) is 0 Å². The molecule has 1 saturated carbocycles. The molecule has 0 spiro atoms. The summed E-state index contributed by atoms with van der Waals surface area (Å²) in [5, 5.41) is 0.797. The van der Waals surface area contributed by atoms with Crippen LogP contribution in [0.25, 0.3) is 0 Å². The molecule has 2 N–H and O–H groups in total. The maximum atomic E-state index is 6.43. The number of imidazole rings is 1. The van der Waals surface area contributed by atoms with E-state index in [1.807, 2.05) is 24.3 Å². The number of nitrogens with zero attached hydrogens (tertiary/aromatic N) is 2. The Bertz CT molecular complexity index is 417. The number of aromatic nitrogens is 2. The monoisotopic (exact) mass is 281 g/mol. The number of ether oxygens (including phenoxy) is 1. The molecule has 4 unspecified atom stereocenters. The summed E-state index contributed by atoms with van der Waals surface area (Å²) in [5.41, 5.74) is 7.63. The molecule has 1 saturated heterocycles. The molecule has 2 heterocycles. The zero-order valence-corrected chi connectivity index (χ0v) is 12.3. The molecule has 19 heavy (non-hydrogen) atoms. The molecule has 1 aliphatic carbocycles. The molecule has 0 radical (unpaired) electrons. The third-order valence-electron chi connectivity index (χ3n) is 4.59. The molecule has 1 aromatic heterocycles. The first-order chi connectivity index (χ1) is 9.29. The van der Waals surface area contributed by atoms with Gasteiger partial charge >= 0.3 is 0 Å². The van der Waals surface area contributed by atoms with Crippen LogP contribution in [0.5, 0.6) is 0 Å². The predicted molar refractivity (Wildman–Crippen MR) is 78.3 cm³/mol. The van der Waals surface area contributed by atoms with Gasteiger partial charge in [0.2, 0.25) is 0 Å². The molecule has 2 aliphatic rings. The summed E-state index contributed by atoms with van der Waals surface area (Å²) in [4.78, 5) is 4.35. The van der Waals surface area contributed by atoms with Gasteiger partial charge in [-0.2, -0.15) is 11.8 Å². The van der Waals surface area contributed by atoms with E-state index < -0.39 is 0 Å². The summed E-state index contributed by atoms with van der Waals surface area (Å²) >= 11 is 1.99. The predicted octanol–water partition coefficient (Wildman–Crippen LogP) is 2.38.